The Morgan fingerprint density at radius 3 is 2.53 bits per heavy atom. The minimum absolute atomic E-state index is 0.377. The van der Waals surface area contributed by atoms with Crippen LogP contribution in [0.15, 0.2) is 79.0 Å². The van der Waals surface area contributed by atoms with E-state index >= 15 is 0 Å². The molecule has 168 valence electrons. The molecule has 2 aromatic heterocycles. The first kappa shape index (κ1) is 21.1. The van der Waals surface area contributed by atoms with Gasteiger partial charge < -0.3 is 9.47 Å². The van der Waals surface area contributed by atoms with Crippen molar-refractivity contribution in [2.24, 2.45) is 0 Å². The summed E-state index contributed by atoms with van der Waals surface area (Å²) in [7, 11) is 0. The van der Waals surface area contributed by atoms with E-state index in [1.807, 2.05) is 48.5 Å². The number of fused-ring (bicyclic) bond motifs is 2. The molecular formula is C26H20N4O4. The smallest absolute Gasteiger partial charge is 0.270 e. The maximum absolute atomic E-state index is 13.0. The minimum atomic E-state index is -0.480. The van der Waals surface area contributed by atoms with Gasteiger partial charge in [-0.3, -0.25) is 25.4 Å². The number of nitrogens with one attached hydrogen (secondary N) is 2. The number of benzene rings is 2. The predicted molar refractivity (Wildman–Crippen MR) is 127 cm³/mol. The Labute approximate surface area is 195 Å². The molecule has 0 bridgehead atoms. The number of pyridine rings is 2. The average molecular weight is 452 g/mol. The highest BCUT2D eigenvalue weighted by atomic mass is 16.6. The zero-order valence-electron chi connectivity index (χ0n) is 18.0. The van der Waals surface area contributed by atoms with Crippen molar-refractivity contribution < 1.29 is 19.1 Å². The Morgan fingerprint density at radius 1 is 0.853 bits per heavy atom. The highest BCUT2D eigenvalue weighted by Gasteiger charge is 2.15. The van der Waals surface area contributed by atoms with E-state index in [4.69, 9.17) is 9.47 Å². The average Bonchev–Trinajstić information content (AvgIpc) is 2.90. The van der Waals surface area contributed by atoms with Gasteiger partial charge in [0.25, 0.3) is 11.8 Å². The second kappa shape index (κ2) is 9.41. The van der Waals surface area contributed by atoms with Gasteiger partial charge in [-0.05, 0) is 48.0 Å². The van der Waals surface area contributed by atoms with Crippen molar-refractivity contribution >= 4 is 28.8 Å². The second-order valence-electron chi connectivity index (χ2n) is 7.47. The van der Waals surface area contributed by atoms with Crippen LogP contribution in [0.25, 0.3) is 28.4 Å². The zero-order chi connectivity index (χ0) is 23.3. The Balaban J connectivity index is 1.31. The van der Waals surface area contributed by atoms with Gasteiger partial charge in [-0.15, -0.1) is 0 Å². The van der Waals surface area contributed by atoms with E-state index in [2.05, 4.69) is 20.8 Å². The number of para-hydroxylation sites is 1. The van der Waals surface area contributed by atoms with Gasteiger partial charge in [-0.25, -0.2) is 4.98 Å². The van der Waals surface area contributed by atoms with Crippen LogP contribution in [0.2, 0.25) is 0 Å². The normalized spacial score (nSPS) is 12.5. The van der Waals surface area contributed by atoms with Gasteiger partial charge in [0.1, 0.15) is 13.2 Å². The first-order valence-corrected chi connectivity index (χ1v) is 10.7. The SMILES string of the molecule is O=C(/C=C/c1ccc2c(c1)OCCO2)NNC(=O)c1cc(-c2ccccn2)nc2ccccc12. The summed E-state index contributed by atoms with van der Waals surface area (Å²) in [6.07, 6.45) is 4.62. The van der Waals surface area contributed by atoms with Crippen molar-refractivity contribution in [2.45, 2.75) is 0 Å². The van der Waals surface area contributed by atoms with Gasteiger partial charge in [0.05, 0.1) is 22.5 Å². The molecule has 2 amide bonds. The maximum Gasteiger partial charge on any atom is 0.270 e. The van der Waals surface area contributed by atoms with Crippen molar-refractivity contribution in [3.63, 3.8) is 0 Å². The first-order chi connectivity index (χ1) is 16.7. The van der Waals surface area contributed by atoms with Crippen LogP contribution in [0.1, 0.15) is 15.9 Å². The van der Waals surface area contributed by atoms with Crippen LogP contribution in [-0.4, -0.2) is 35.0 Å². The largest absolute Gasteiger partial charge is 0.486 e. The number of aromatic nitrogens is 2. The molecule has 0 unspecified atom stereocenters. The maximum atomic E-state index is 13.0. The molecule has 2 aromatic carbocycles. The number of hydrogen-bond acceptors (Lipinski definition) is 6. The number of rotatable bonds is 4. The van der Waals surface area contributed by atoms with Crippen LogP contribution >= 0.6 is 0 Å². The molecule has 0 aliphatic carbocycles. The van der Waals surface area contributed by atoms with E-state index in [0.717, 1.165) is 5.56 Å². The molecule has 4 aromatic rings. The number of ether oxygens (including phenoxy) is 2. The summed E-state index contributed by atoms with van der Waals surface area (Å²) in [5.41, 5.74) is 7.90. The van der Waals surface area contributed by atoms with E-state index in [1.54, 1.807) is 30.5 Å². The van der Waals surface area contributed by atoms with Crippen LogP contribution in [0.5, 0.6) is 11.5 Å². The summed E-state index contributed by atoms with van der Waals surface area (Å²) in [4.78, 5) is 34.2. The van der Waals surface area contributed by atoms with Gasteiger partial charge in [-0.1, -0.05) is 30.3 Å². The summed E-state index contributed by atoms with van der Waals surface area (Å²) < 4.78 is 11.0. The fourth-order valence-corrected chi connectivity index (χ4v) is 3.57. The number of hydrogen-bond donors (Lipinski definition) is 2. The van der Waals surface area contributed by atoms with Gasteiger partial charge >= 0.3 is 0 Å². The van der Waals surface area contributed by atoms with Gasteiger partial charge in [0.2, 0.25) is 0 Å². The highest BCUT2D eigenvalue weighted by Crippen LogP contribution is 2.31. The van der Waals surface area contributed by atoms with E-state index in [0.29, 0.717) is 52.6 Å². The van der Waals surface area contributed by atoms with Crippen LogP contribution in [-0.2, 0) is 4.79 Å². The summed E-state index contributed by atoms with van der Waals surface area (Å²) in [5.74, 6) is 0.369. The Morgan fingerprint density at radius 2 is 1.68 bits per heavy atom. The standard InChI is InChI=1S/C26H20N4O4/c31-25(11-9-17-8-10-23-24(15-17)34-14-13-33-23)29-30-26(32)19-16-22(21-7-3-4-12-27-21)28-20-6-2-1-5-18(19)20/h1-12,15-16H,13-14H2,(H,29,31)(H,30,32)/b11-9+. The molecular weight excluding hydrogens is 432 g/mol. The molecule has 0 atom stereocenters. The lowest BCUT2D eigenvalue weighted by atomic mass is 10.1. The Kier molecular flexibility index (Phi) is 5.85. The lowest BCUT2D eigenvalue weighted by molar-refractivity contribution is -0.117. The molecule has 34 heavy (non-hydrogen) atoms. The van der Waals surface area contributed by atoms with Crippen molar-refractivity contribution in [1.82, 2.24) is 20.8 Å². The number of nitrogens with zero attached hydrogens (tertiary/aromatic N) is 2. The van der Waals surface area contributed by atoms with Crippen molar-refractivity contribution in [2.75, 3.05) is 13.2 Å². The predicted octanol–water partition coefficient (Wildman–Crippen LogP) is 3.54. The number of hydrazine groups is 1. The third-order valence-corrected chi connectivity index (χ3v) is 5.18. The highest BCUT2D eigenvalue weighted by molar-refractivity contribution is 6.07. The number of carbonyl (C=O) groups excluding carboxylic acids is 2. The van der Waals surface area contributed by atoms with Crippen LogP contribution in [0.4, 0.5) is 0 Å². The molecule has 0 spiro atoms. The van der Waals surface area contributed by atoms with E-state index in [9.17, 15) is 9.59 Å². The van der Waals surface area contributed by atoms with Gasteiger partial charge in [0.15, 0.2) is 11.5 Å². The molecule has 0 saturated carbocycles. The quantitative estimate of drug-likeness (QED) is 0.363. The van der Waals surface area contributed by atoms with E-state index in [-0.39, 0.29) is 0 Å². The van der Waals surface area contributed by atoms with Crippen LogP contribution < -0.4 is 20.3 Å². The molecule has 5 rings (SSSR count). The van der Waals surface area contributed by atoms with Crippen LogP contribution in [0, 0.1) is 0 Å². The lowest BCUT2D eigenvalue weighted by Crippen LogP contribution is -2.40. The molecule has 0 radical (unpaired) electrons. The fraction of sp³-hybridized carbons (Fsp3) is 0.0769. The summed E-state index contributed by atoms with van der Waals surface area (Å²) >= 11 is 0. The Hall–Kier alpha value is -4.72. The second-order valence-corrected chi connectivity index (χ2v) is 7.47. The number of amides is 2. The molecule has 1 aliphatic rings. The number of carbonyl (C=O) groups is 2. The minimum Gasteiger partial charge on any atom is -0.486 e. The van der Waals surface area contributed by atoms with Crippen molar-refractivity contribution in [1.29, 1.82) is 0 Å². The zero-order valence-corrected chi connectivity index (χ0v) is 18.0. The first-order valence-electron chi connectivity index (χ1n) is 10.7. The van der Waals surface area contributed by atoms with Crippen molar-refractivity contribution in [3.05, 3.63) is 90.1 Å². The molecule has 8 nitrogen and oxygen atoms in total. The summed E-state index contributed by atoms with van der Waals surface area (Å²) in [6.45, 7) is 0.999. The summed E-state index contributed by atoms with van der Waals surface area (Å²) in [5, 5.41) is 0.667. The van der Waals surface area contributed by atoms with E-state index < -0.39 is 11.8 Å². The molecule has 2 N–H and O–H groups in total. The molecule has 0 fully saturated rings. The molecule has 3 heterocycles. The lowest BCUT2D eigenvalue weighted by Gasteiger charge is -2.18. The topological polar surface area (TPSA) is 102 Å². The van der Waals surface area contributed by atoms with Gasteiger partial charge in [0, 0.05) is 17.7 Å². The van der Waals surface area contributed by atoms with Crippen LogP contribution in [0.3, 0.4) is 0 Å². The Bertz CT molecular complexity index is 1400. The van der Waals surface area contributed by atoms with Crippen molar-refractivity contribution in [3.8, 4) is 22.9 Å². The molecule has 1 aliphatic heterocycles. The third kappa shape index (κ3) is 4.56. The van der Waals surface area contributed by atoms with E-state index in [1.165, 1.54) is 6.08 Å². The third-order valence-electron chi connectivity index (χ3n) is 5.18. The monoisotopic (exact) mass is 452 g/mol. The molecule has 8 heteroatoms. The fourth-order valence-electron chi connectivity index (χ4n) is 3.57. The molecule has 0 saturated heterocycles. The summed E-state index contributed by atoms with van der Waals surface area (Å²) in [6, 6.07) is 19.9. The van der Waals surface area contributed by atoms with Gasteiger partial charge in [-0.2, -0.15) is 0 Å².